The Labute approximate surface area is 94.7 Å². The van der Waals surface area contributed by atoms with Gasteiger partial charge in [0, 0.05) is 17.5 Å². The fraction of sp³-hybridized carbons (Fsp3) is 0.250. The van der Waals surface area contributed by atoms with Gasteiger partial charge in [-0.3, -0.25) is 15.2 Å². The molecule has 0 spiro atoms. The van der Waals surface area contributed by atoms with Gasteiger partial charge in [-0.2, -0.15) is 5.10 Å². The third kappa shape index (κ3) is 2.61. The molecule has 16 heavy (non-hydrogen) atoms. The fourth-order valence-electron chi connectivity index (χ4n) is 1.18. The van der Waals surface area contributed by atoms with E-state index in [1.165, 1.54) is 23.7 Å². The Bertz CT molecular complexity index is 466. The molecule has 0 atom stereocenters. The summed E-state index contributed by atoms with van der Waals surface area (Å²) in [6, 6.07) is 3.26. The highest BCUT2D eigenvalue weighted by atomic mass is 32.1. The van der Waals surface area contributed by atoms with Gasteiger partial charge in [0.25, 0.3) is 0 Å². The average molecular weight is 239 g/mol. The van der Waals surface area contributed by atoms with Crippen molar-refractivity contribution in [1.82, 2.24) is 20.5 Å². The summed E-state index contributed by atoms with van der Waals surface area (Å²) < 4.78 is 0. The van der Waals surface area contributed by atoms with Gasteiger partial charge in [-0.15, -0.1) is 0 Å². The van der Waals surface area contributed by atoms with Crippen LogP contribution in [0.3, 0.4) is 0 Å². The number of nitro groups is 1. The Kier molecular flexibility index (Phi) is 3.22. The highest BCUT2D eigenvalue weighted by Crippen LogP contribution is 2.23. The predicted octanol–water partition coefficient (Wildman–Crippen LogP) is 1.06. The molecule has 84 valence electrons. The lowest BCUT2D eigenvalue weighted by Crippen LogP contribution is -2.12. The number of hydrogen-bond donors (Lipinski definition) is 2. The van der Waals surface area contributed by atoms with Crippen LogP contribution in [0.15, 0.2) is 18.5 Å². The molecule has 0 aliphatic carbocycles. The maximum Gasteiger partial charge on any atom is 0.324 e. The highest BCUT2D eigenvalue weighted by Gasteiger charge is 2.09. The Morgan fingerprint density at radius 1 is 1.50 bits per heavy atom. The number of thiophene rings is 1. The van der Waals surface area contributed by atoms with Gasteiger partial charge < -0.3 is 5.32 Å². The van der Waals surface area contributed by atoms with E-state index >= 15 is 0 Å². The second-order valence-corrected chi connectivity index (χ2v) is 4.18. The van der Waals surface area contributed by atoms with E-state index in [0.29, 0.717) is 13.1 Å². The zero-order chi connectivity index (χ0) is 11.4. The largest absolute Gasteiger partial charge is 0.324 e. The summed E-state index contributed by atoms with van der Waals surface area (Å²) in [7, 11) is 0. The first kappa shape index (κ1) is 10.7. The minimum Gasteiger partial charge on any atom is -0.305 e. The van der Waals surface area contributed by atoms with Crippen LogP contribution in [0.5, 0.6) is 0 Å². The minimum absolute atomic E-state index is 0.163. The Morgan fingerprint density at radius 3 is 3.00 bits per heavy atom. The zero-order valence-corrected chi connectivity index (χ0v) is 9.03. The van der Waals surface area contributed by atoms with Crippen LogP contribution in [0, 0.1) is 10.1 Å². The molecule has 2 N–H and O–H groups in total. The topological polar surface area (TPSA) is 96.7 Å². The molecule has 0 radical (unpaired) electrons. The van der Waals surface area contributed by atoms with E-state index < -0.39 is 0 Å². The number of H-pyrrole nitrogens is 1. The van der Waals surface area contributed by atoms with Crippen LogP contribution in [-0.4, -0.2) is 20.1 Å². The highest BCUT2D eigenvalue weighted by molar-refractivity contribution is 7.15. The van der Waals surface area contributed by atoms with Crippen molar-refractivity contribution in [2.45, 2.75) is 13.1 Å². The van der Waals surface area contributed by atoms with Gasteiger partial charge in [0.1, 0.15) is 12.2 Å². The smallest absolute Gasteiger partial charge is 0.305 e. The van der Waals surface area contributed by atoms with Crippen LogP contribution >= 0.6 is 11.3 Å². The summed E-state index contributed by atoms with van der Waals surface area (Å²) in [5, 5.41) is 20.2. The number of rotatable bonds is 5. The van der Waals surface area contributed by atoms with Crippen molar-refractivity contribution in [3.05, 3.63) is 39.3 Å². The maximum atomic E-state index is 10.4. The summed E-state index contributed by atoms with van der Waals surface area (Å²) in [5.74, 6) is 0.742. The molecule has 2 aromatic heterocycles. The fourth-order valence-corrected chi connectivity index (χ4v) is 1.97. The summed E-state index contributed by atoms with van der Waals surface area (Å²) in [4.78, 5) is 14.9. The lowest BCUT2D eigenvalue weighted by Gasteiger charge is -1.98. The van der Waals surface area contributed by atoms with Crippen LogP contribution < -0.4 is 5.32 Å². The van der Waals surface area contributed by atoms with Crippen molar-refractivity contribution >= 4 is 16.3 Å². The summed E-state index contributed by atoms with van der Waals surface area (Å²) >= 11 is 1.17. The van der Waals surface area contributed by atoms with E-state index in [2.05, 4.69) is 20.5 Å². The van der Waals surface area contributed by atoms with Crippen LogP contribution in [0.4, 0.5) is 5.00 Å². The first-order chi connectivity index (χ1) is 7.75. The van der Waals surface area contributed by atoms with Crippen molar-refractivity contribution in [3.63, 3.8) is 0 Å². The van der Waals surface area contributed by atoms with Crippen LogP contribution in [0.1, 0.15) is 10.7 Å². The molecule has 0 amide bonds. The van der Waals surface area contributed by atoms with Crippen LogP contribution in [-0.2, 0) is 13.1 Å². The van der Waals surface area contributed by atoms with Gasteiger partial charge in [0.15, 0.2) is 0 Å². The molecule has 2 rings (SSSR count). The molecular weight excluding hydrogens is 230 g/mol. The Balaban J connectivity index is 1.83. The SMILES string of the molecule is O=[N+]([O-])c1ccc(CNCc2ncn[nH]2)s1. The molecule has 0 saturated carbocycles. The van der Waals surface area contributed by atoms with Crippen molar-refractivity contribution in [2.24, 2.45) is 0 Å². The molecule has 8 heteroatoms. The third-order valence-electron chi connectivity index (χ3n) is 1.88. The second-order valence-electron chi connectivity index (χ2n) is 3.03. The van der Waals surface area contributed by atoms with E-state index in [1.807, 2.05) is 0 Å². The summed E-state index contributed by atoms with van der Waals surface area (Å²) in [6.07, 6.45) is 1.44. The maximum absolute atomic E-state index is 10.4. The Hall–Kier alpha value is -1.80. The van der Waals surface area contributed by atoms with Gasteiger partial charge in [0.2, 0.25) is 0 Å². The zero-order valence-electron chi connectivity index (χ0n) is 8.21. The molecule has 0 aliphatic heterocycles. The van der Waals surface area contributed by atoms with E-state index in [9.17, 15) is 10.1 Å². The van der Waals surface area contributed by atoms with Crippen molar-refractivity contribution in [3.8, 4) is 0 Å². The van der Waals surface area contributed by atoms with Gasteiger partial charge >= 0.3 is 5.00 Å². The number of hydrogen-bond acceptors (Lipinski definition) is 6. The predicted molar refractivity (Wildman–Crippen MR) is 57.9 cm³/mol. The summed E-state index contributed by atoms with van der Waals surface area (Å²) in [6.45, 7) is 1.14. The molecule has 0 aliphatic rings. The van der Waals surface area contributed by atoms with Crippen LogP contribution in [0.2, 0.25) is 0 Å². The first-order valence-corrected chi connectivity index (χ1v) is 5.35. The van der Waals surface area contributed by atoms with Crippen molar-refractivity contribution in [2.75, 3.05) is 0 Å². The number of aromatic nitrogens is 3. The standard InChI is InChI=1S/C8H9N5O2S/c14-13(15)8-2-1-6(16-8)3-9-4-7-10-5-11-12-7/h1-2,5,9H,3-4H2,(H,10,11,12). The monoisotopic (exact) mass is 239 g/mol. The molecule has 2 heterocycles. The number of nitrogens with zero attached hydrogens (tertiary/aromatic N) is 3. The van der Waals surface area contributed by atoms with Crippen molar-refractivity contribution in [1.29, 1.82) is 0 Å². The van der Waals surface area contributed by atoms with Gasteiger partial charge in [-0.05, 0) is 6.07 Å². The van der Waals surface area contributed by atoms with E-state index in [0.717, 1.165) is 10.7 Å². The molecule has 0 bridgehead atoms. The molecule has 0 saturated heterocycles. The molecule has 0 unspecified atom stereocenters. The second kappa shape index (κ2) is 4.81. The van der Waals surface area contributed by atoms with Crippen molar-refractivity contribution < 1.29 is 4.92 Å². The number of nitrogens with one attached hydrogen (secondary N) is 2. The average Bonchev–Trinajstić information content (AvgIpc) is 2.87. The molecule has 2 aromatic rings. The molecule has 0 fully saturated rings. The van der Waals surface area contributed by atoms with Gasteiger partial charge in [0.05, 0.1) is 11.5 Å². The molecule has 0 aromatic carbocycles. The quantitative estimate of drug-likeness (QED) is 0.600. The Morgan fingerprint density at radius 2 is 2.38 bits per heavy atom. The lowest BCUT2D eigenvalue weighted by molar-refractivity contribution is -0.380. The number of aromatic amines is 1. The third-order valence-corrected chi connectivity index (χ3v) is 2.92. The molecular formula is C8H9N5O2S. The van der Waals surface area contributed by atoms with E-state index in [4.69, 9.17) is 0 Å². The molecule has 7 nitrogen and oxygen atoms in total. The van der Waals surface area contributed by atoms with Gasteiger partial charge in [-0.25, -0.2) is 4.98 Å². The lowest BCUT2D eigenvalue weighted by atomic mass is 10.4. The first-order valence-electron chi connectivity index (χ1n) is 4.54. The summed E-state index contributed by atoms with van der Waals surface area (Å²) in [5.41, 5.74) is 0. The normalized spacial score (nSPS) is 10.5. The van der Waals surface area contributed by atoms with E-state index in [-0.39, 0.29) is 9.92 Å². The van der Waals surface area contributed by atoms with Gasteiger partial charge in [-0.1, -0.05) is 11.3 Å². The van der Waals surface area contributed by atoms with E-state index in [1.54, 1.807) is 6.07 Å². The van der Waals surface area contributed by atoms with Crippen LogP contribution in [0.25, 0.3) is 0 Å². The minimum atomic E-state index is -0.384.